The third-order valence-electron chi connectivity index (χ3n) is 2.90. The van der Waals surface area contributed by atoms with E-state index in [1.54, 1.807) is 12.3 Å². The molecule has 2 rings (SSSR count). The lowest BCUT2D eigenvalue weighted by molar-refractivity contribution is 0.0941. The summed E-state index contributed by atoms with van der Waals surface area (Å²) in [5, 5.41) is 3.50. The van der Waals surface area contributed by atoms with E-state index in [9.17, 15) is 4.79 Å². The highest BCUT2D eigenvalue weighted by molar-refractivity contribution is 9.10. The van der Waals surface area contributed by atoms with Crippen molar-refractivity contribution in [3.63, 3.8) is 0 Å². The Balaban J connectivity index is 2.05. The molecule has 3 nitrogen and oxygen atoms in total. The molecule has 0 atom stereocenters. The summed E-state index contributed by atoms with van der Waals surface area (Å²) >= 11 is 9.39. The highest BCUT2D eigenvalue weighted by atomic mass is 79.9. The second kappa shape index (κ2) is 6.95. The number of carbonyl (C=O) groups is 1. The molecule has 1 amide bonds. The lowest BCUT2D eigenvalue weighted by atomic mass is 10.2. The maximum absolute atomic E-state index is 12.2. The fourth-order valence-corrected chi connectivity index (χ4v) is 2.68. The molecule has 0 aliphatic rings. The van der Waals surface area contributed by atoms with Gasteiger partial charge >= 0.3 is 0 Å². The number of rotatable bonds is 5. The van der Waals surface area contributed by atoms with Gasteiger partial charge in [-0.25, -0.2) is 0 Å². The van der Waals surface area contributed by atoms with Crippen molar-refractivity contribution in [3.8, 4) is 0 Å². The van der Waals surface area contributed by atoms with Crippen molar-refractivity contribution in [2.24, 2.45) is 0 Å². The monoisotopic (exact) mass is 354 g/mol. The number of amides is 1. The van der Waals surface area contributed by atoms with E-state index in [1.807, 2.05) is 28.8 Å². The third kappa shape index (κ3) is 3.87. The van der Waals surface area contributed by atoms with Gasteiger partial charge in [0, 0.05) is 23.8 Å². The van der Waals surface area contributed by atoms with E-state index in [2.05, 4.69) is 28.2 Å². The number of aryl methyl sites for hydroxylation is 1. The zero-order valence-corrected chi connectivity index (χ0v) is 13.5. The number of nitrogens with zero attached hydrogens (tertiary/aromatic N) is 1. The number of nitrogens with one attached hydrogen (secondary N) is 1. The van der Waals surface area contributed by atoms with Gasteiger partial charge in [-0.15, -0.1) is 0 Å². The standard InChI is InChI=1S/C15H16BrClN2O/c1-2-6-19-10-13(17)8-14(19)15(20)18-9-11-4-3-5-12(16)7-11/h3-5,7-8,10H,2,6,9H2,1H3,(H,18,20). The predicted molar refractivity (Wildman–Crippen MR) is 85.0 cm³/mol. The number of benzene rings is 1. The minimum Gasteiger partial charge on any atom is -0.347 e. The summed E-state index contributed by atoms with van der Waals surface area (Å²) in [5.41, 5.74) is 1.65. The lowest BCUT2D eigenvalue weighted by Crippen LogP contribution is -2.25. The molecule has 0 aliphatic heterocycles. The van der Waals surface area contributed by atoms with Crippen LogP contribution in [-0.2, 0) is 13.1 Å². The third-order valence-corrected chi connectivity index (χ3v) is 3.60. The van der Waals surface area contributed by atoms with E-state index >= 15 is 0 Å². The topological polar surface area (TPSA) is 34.0 Å². The van der Waals surface area contributed by atoms with Crippen LogP contribution in [0.5, 0.6) is 0 Å². The summed E-state index contributed by atoms with van der Waals surface area (Å²) in [4.78, 5) is 12.2. The lowest BCUT2D eigenvalue weighted by Gasteiger charge is -2.09. The van der Waals surface area contributed by atoms with Crippen LogP contribution in [-0.4, -0.2) is 10.5 Å². The number of hydrogen-bond acceptors (Lipinski definition) is 1. The van der Waals surface area contributed by atoms with E-state index < -0.39 is 0 Å². The van der Waals surface area contributed by atoms with Crippen molar-refractivity contribution in [1.82, 2.24) is 9.88 Å². The Kier molecular flexibility index (Phi) is 5.26. The van der Waals surface area contributed by atoms with Gasteiger partial charge in [0.1, 0.15) is 5.69 Å². The molecule has 0 saturated carbocycles. The molecular weight excluding hydrogens is 340 g/mol. The molecular formula is C15H16BrClN2O. The Labute approximate surface area is 132 Å². The second-order valence-electron chi connectivity index (χ2n) is 4.55. The Bertz CT molecular complexity index is 610. The molecule has 0 bridgehead atoms. The van der Waals surface area contributed by atoms with Gasteiger partial charge in [-0.05, 0) is 30.2 Å². The van der Waals surface area contributed by atoms with Crippen LogP contribution in [0.15, 0.2) is 41.0 Å². The summed E-state index contributed by atoms with van der Waals surface area (Å²) in [7, 11) is 0. The van der Waals surface area contributed by atoms with Gasteiger partial charge in [0.2, 0.25) is 0 Å². The van der Waals surface area contributed by atoms with E-state index in [0.29, 0.717) is 17.3 Å². The first-order valence-corrected chi connectivity index (χ1v) is 7.65. The largest absolute Gasteiger partial charge is 0.347 e. The average Bonchev–Trinajstić information content (AvgIpc) is 2.78. The van der Waals surface area contributed by atoms with E-state index in [1.165, 1.54) is 0 Å². The molecule has 1 N–H and O–H groups in total. The maximum Gasteiger partial charge on any atom is 0.268 e. The summed E-state index contributed by atoms with van der Waals surface area (Å²) in [6.07, 6.45) is 2.75. The normalized spacial score (nSPS) is 10.6. The van der Waals surface area contributed by atoms with Gasteiger partial charge < -0.3 is 9.88 Å². The van der Waals surface area contributed by atoms with Crippen LogP contribution in [0.25, 0.3) is 0 Å². The molecule has 1 aromatic heterocycles. The molecule has 1 aromatic carbocycles. The smallest absolute Gasteiger partial charge is 0.268 e. The molecule has 106 valence electrons. The number of carbonyl (C=O) groups excluding carboxylic acids is 1. The fraction of sp³-hybridized carbons (Fsp3) is 0.267. The van der Waals surface area contributed by atoms with Crippen LogP contribution < -0.4 is 5.32 Å². The van der Waals surface area contributed by atoms with Crippen LogP contribution in [0.1, 0.15) is 29.4 Å². The van der Waals surface area contributed by atoms with Crippen LogP contribution in [0, 0.1) is 0 Å². The first-order valence-electron chi connectivity index (χ1n) is 6.48. The van der Waals surface area contributed by atoms with Crippen molar-refractivity contribution in [2.45, 2.75) is 26.4 Å². The Morgan fingerprint density at radius 3 is 2.90 bits per heavy atom. The first-order chi connectivity index (χ1) is 9.60. The van der Waals surface area contributed by atoms with Gasteiger partial charge in [-0.3, -0.25) is 4.79 Å². The summed E-state index contributed by atoms with van der Waals surface area (Å²) < 4.78 is 2.89. The molecule has 0 unspecified atom stereocenters. The highest BCUT2D eigenvalue weighted by Crippen LogP contribution is 2.15. The van der Waals surface area contributed by atoms with E-state index in [-0.39, 0.29) is 5.91 Å². The van der Waals surface area contributed by atoms with Gasteiger partial charge in [0.15, 0.2) is 0 Å². The summed E-state index contributed by atoms with van der Waals surface area (Å²) in [5.74, 6) is -0.106. The van der Waals surface area contributed by atoms with Crippen molar-refractivity contribution in [3.05, 3.63) is 57.3 Å². The molecule has 0 spiro atoms. The van der Waals surface area contributed by atoms with Gasteiger partial charge in [-0.2, -0.15) is 0 Å². The molecule has 0 fully saturated rings. The molecule has 1 heterocycles. The zero-order chi connectivity index (χ0) is 14.5. The van der Waals surface area contributed by atoms with Crippen LogP contribution in [0.3, 0.4) is 0 Å². The minimum absolute atomic E-state index is 0.106. The van der Waals surface area contributed by atoms with Crippen molar-refractivity contribution < 1.29 is 4.79 Å². The van der Waals surface area contributed by atoms with E-state index in [0.717, 1.165) is 23.0 Å². The Morgan fingerprint density at radius 2 is 2.20 bits per heavy atom. The fourth-order valence-electron chi connectivity index (χ4n) is 2.01. The van der Waals surface area contributed by atoms with Gasteiger partial charge in [0.25, 0.3) is 5.91 Å². The molecule has 20 heavy (non-hydrogen) atoms. The maximum atomic E-state index is 12.2. The molecule has 2 aromatic rings. The summed E-state index contributed by atoms with van der Waals surface area (Å²) in [6, 6.07) is 9.56. The molecule has 0 aliphatic carbocycles. The average molecular weight is 356 g/mol. The number of hydrogen-bond donors (Lipinski definition) is 1. The Hall–Kier alpha value is -1.26. The minimum atomic E-state index is -0.106. The second-order valence-corrected chi connectivity index (χ2v) is 5.90. The van der Waals surface area contributed by atoms with Crippen molar-refractivity contribution in [1.29, 1.82) is 0 Å². The zero-order valence-electron chi connectivity index (χ0n) is 11.2. The molecule has 5 heteroatoms. The van der Waals surface area contributed by atoms with Gasteiger partial charge in [-0.1, -0.05) is 46.6 Å². The molecule has 0 saturated heterocycles. The number of aromatic nitrogens is 1. The van der Waals surface area contributed by atoms with Gasteiger partial charge in [0.05, 0.1) is 5.02 Å². The SMILES string of the molecule is CCCn1cc(Cl)cc1C(=O)NCc1cccc(Br)c1. The molecule has 0 radical (unpaired) electrons. The van der Waals surface area contributed by atoms with E-state index in [4.69, 9.17) is 11.6 Å². The van der Waals surface area contributed by atoms with Crippen molar-refractivity contribution in [2.75, 3.05) is 0 Å². The van der Waals surface area contributed by atoms with Crippen LogP contribution in [0.4, 0.5) is 0 Å². The van der Waals surface area contributed by atoms with Crippen LogP contribution in [0.2, 0.25) is 5.02 Å². The predicted octanol–water partition coefficient (Wildman–Crippen LogP) is 4.24. The van der Waals surface area contributed by atoms with Crippen LogP contribution >= 0.6 is 27.5 Å². The number of halogens is 2. The quantitative estimate of drug-likeness (QED) is 0.855. The van der Waals surface area contributed by atoms with Crippen molar-refractivity contribution >= 4 is 33.4 Å². The summed E-state index contributed by atoms with van der Waals surface area (Å²) in [6.45, 7) is 3.34. The first kappa shape index (κ1) is 15.1. The highest BCUT2D eigenvalue weighted by Gasteiger charge is 2.12. The Morgan fingerprint density at radius 1 is 1.40 bits per heavy atom.